The third kappa shape index (κ3) is 4.47. The fraction of sp³-hybridized carbons (Fsp3) is 0. The minimum atomic E-state index is 0.649. The molecule has 0 atom stereocenters. The molecule has 0 spiro atoms. The zero-order chi connectivity index (χ0) is 33.5. The van der Waals surface area contributed by atoms with Crippen molar-refractivity contribution in [2.75, 3.05) is 0 Å². The van der Waals surface area contributed by atoms with Crippen molar-refractivity contribution in [2.45, 2.75) is 0 Å². The van der Waals surface area contributed by atoms with Crippen LogP contribution in [0.5, 0.6) is 0 Å². The first-order valence-corrected chi connectivity index (χ1v) is 18.6. The van der Waals surface area contributed by atoms with E-state index < -0.39 is 0 Å². The Balaban J connectivity index is 1.08. The molecule has 7 aromatic carbocycles. The van der Waals surface area contributed by atoms with Crippen LogP contribution in [0.4, 0.5) is 0 Å². The average molecular weight is 687 g/mol. The molecule has 4 nitrogen and oxygen atoms in total. The highest BCUT2D eigenvalue weighted by Gasteiger charge is 2.19. The van der Waals surface area contributed by atoms with E-state index in [1.165, 1.54) is 62.2 Å². The normalized spacial score (nSPS) is 11.9. The number of rotatable bonds is 4. The Morgan fingerprint density at radius 3 is 1.67 bits per heavy atom. The van der Waals surface area contributed by atoms with E-state index in [0.717, 1.165) is 22.4 Å². The SMILES string of the molecule is c1ccc(-c2nc(-c3ccc(-n4c5ccccc5c5ccc6c7ccccc7sc6c54)cc3)nc(-c3ccc4c(c3)sc3ccccc34)n2)cc1. The lowest BCUT2D eigenvalue weighted by atomic mass is 10.1. The molecular weight excluding hydrogens is 661 g/mol. The molecule has 0 fully saturated rings. The van der Waals surface area contributed by atoms with Gasteiger partial charge in [0.25, 0.3) is 0 Å². The zero-order valence-corrected chi connectivity index (χ0v) is 28.7. The van der Waals surface area contributed by atoms with Crippen LogP contribution in [0.3, 0.4) is 0 Å². The number of hydrogen-bond acceptors (Lipinski definition) is 5. The van der Waals surface area contributed by atoms with Crippen LogP contribution in [-0.2, 0) is 0 Å². The van der Waals surface area contributed by atoms with Gasteiger partial charge >= 0.3 is 0 Å². The van der Waals surface area contributed by atoms with E-state index in [2.05, 4.69) is 144 Å². The minimum absolute atomic E-state index is 0.649. The molecule has 0 aliphatic carbocycles. The Hall–Kier alpha value is -6.21. The fourth-order valence-corrected chi connectivity index (χ4v) is 9.86. The summed E-state index contributed by atoms with van der Waals surface area (Å²) in [6, 6.07) is 56.0. The van der Waals surface area contributed by atoms with Gasteiger partial charge in [0.05, 0.1) is 15.7 Å². The van der Waals surface area contributed by atoms with E-state index in [-0.39, 0.29) is 0 Å². The quantitative estimate of drug-likeness (QED) is 0.185. The van der Waals surface area contributed by atoms with Crippen molar-refractivity contribution >= 4 is 84.8 Å². The first-order chi connectivity index (χ1) is 25.3. The maximum absolute atomic E-state index is 5.09. The van der Waals surface area contributed by atoms with Gasteiger partial charge in [0, 0.05) is 68.8 Å². The standard InChI is InChI=1S/C45H26N4S2/c1-2-10-27(11-3-1)43-46-44(48-45(47-43)29-20-23-34-32-13-5-8-16-38(32)50-40(34)26-29)28-18-21-30(22-19-28)49-37-15-7-4-12-31(37)35-24-25-36-33-14-6-9-17-39(33)51-42(36)41(35)49/h1-26H. The van der Waals surface area contributed by atoms with E-state index in [4.69, 9.17) is 15.0 Å². The summed E-state index contributed by atoms with van der Waals surface area (Å²) in [4.78, 5) is 15.1. The van der Waals surface area contributed by atoms with Gasteiger partial charge in [0.15, 0.2) is 17.5 Å². The highest BCUT2D eigenvalue weighted by molar-refractivity contribution is 7.26. The van der Waals surface area contributed by atoms with Crippen molar-refractivity contribution in [3.63, 3.8) is 0 Å². The van der Waals surface area contributed by atoms with Crippen molar-refractivity contribution in [3.05, 3.63) is 158 Å². The first kappa shape index (κ1) is 28.6. The van der Waals surface area contributed by atoms with Crippen LogP contribution in [0.1, 0.15) is 0 Å². The second-order valence-corrected chi connectivity index (χ2v) is 15.0. The largest absolute Gasteiger partial charge is 0.308 e. The summed E-state index contributed by atoms with van der Waals surface area (Å²) in [5, 5.41) is 7.65. The second-order valence-electron chi connectivity index (χ2n) is 12.8. The van der Waals surface area contributed by atoms with Crippen LogP contribution in [0.15, 0.2) is 158 Å². The van der Waals surface area contributed by atoms with Gasteiger partial charge in [-0.3, -0.25) is 0 Å². The Morgan fingerprint density at radius 1 is 0.373 bits per heavy atom. The number of nitrogens with zero attached hydrogens (tertiary/aromatic N) is 4. The number of hydrogen-bond donors (Lipinski definition) is 0. The summed E-state index contributed by atoms with van der Waals surface area (Å²) in [6.45, 7) is 0. The summed E-state index contributed by atoms with van der Waals surface area (Å²) < 4.78 is 7.53. The van der Waals surface area contributed by atoms with Crippen LogP contribution in [0.25, 0.3) is 102 Å². The summed E-state index contributed by atoms with van der Waals surface area (Å²) in [6.07, 6.45) is 0. The lowest BCUT2D eigenvalue weighted by Crippen LogP contribution is -2.00. The molecule has 0 unspecified atom stereocenters. The number of thiophene rings is 2. The monoisotopic (exact) mass is 686 g/mol. The number of fused-ring (bicyclic) bond motifs is 10. The van der Waals surface area contributed by atoms with Crippen LogP contribution >= 0.6 is 22.7 Å². The maximum Gasteiger partial charge on any atom is 0.164 e. The first-order valence-electron chi connectivity index (χ1n) is 16.9. The van der Waals surface area contributed by atoms with Crippen molar-refractivity contribution < 1.29 is 0 Å². The predicted molar refractivity (Wildman–Crippen MR) is 216 cm³/mol. The van der Waals surface area contributed by atoms with Gasteiger partial charge < -0.3 is 4.57 Å². The molecule has 4 heterocycles. The number of para-hydroxylation sites is 1. The predicted octanol–water partition coefficient (Wildman–Crippen LogP) is 12.7. The van der Waals surface area contributed by atoms with Gasteiger partial charge in [0.1, 0.15) is 0 Å². The smallest absolute Gasteiger partial charge is 0.164 e. The topological polar surface area (TPSA) is 43.6 Å². The van der Waals surface area contributed by atoms with Gasteiger partial charge in [0.2, 0.25) is 0 Å². The third-order valence-corrected chi connectivity index (χ3v) is 12.2. The molecule has 0 saturated heterocycles. The van der Waals surface area contributed by atoms with E-state index in [0.29, 0.717) is 17.5 Å². The Labute approximate surface area is 300 Å². The van der Waals surface area contributed by atoms with Gasteiger partial charge in [-0.15, -0.1) is 22.7 Å². The molecule has 6 heteroatoms. The van der Waals surface area contributed by atoms with E-state index in [9.17, 15) is 0 Å². The number of aromatic nitrogens is 4. The molecule has 0 radical (unpaired) electrons. The molecule has 4 aromatic heterocycles. The van der Waals surface area contributed by atoms with Gasteiger partial charge in [-0.05, 0) is 48.5 Å². The summed E-state index contributed by atoms with van der Waals surface area (Å²) in [5.41, 5.74) is 6.41. The lowest BCUT2D eigenvalue weighted by molar-refractivity contribution is 1.07. The fourth-order valence-electron chi connectivity index (χ4n) is 7.47. The van der Waals surface area contributed by atoms with E-state index >= 15 is 0 Å². The van der Waals surface area contributed by atoms with Gasteiger partial charge in [-0.25, -0.2) is 15.0 Å². The Kier molecular flexibility index (Phi) is 6.26. The third-order valence-electron chi connectivity index (χ3n) is 9.87. The molecular formula is C45H26N4S2. The maximum atomic E-state index is 5.09. The van der Waals surface area contributed by atoms with Gasteiger partial charge in [-0.2, -0.15) is 0 Å². The van der Waals surface area contributed by atoms with Crippen molar-refractivity contribution in [1.82, 2.24) is 19.5 Å². The molecule has 0 amide bonds. The second kappa shape index (κ2) is 11.2. The molecule has 238 valence electrons. The molecule has 0 N–H and O–H groups in total. The summed E-state index contributed by atoms with van der Waals surface area (Å²) in [7, 11) is 0. The van der Waals surface area contributed by atoms with E-state index in [1.54, 1.807) is 11.3 Å². The molecule has 11 aromatic rings. The van der Waals surface area contributed by atoms with E-state index in [1.807, 2.05) is 29.5 Å². The zero-order valence-electron chi connectivity index (χ0n) is 27.1. The Morgan fingerprint density at radius 2 is 0.902 bits per heavy atom. The van der Waals surface area contributed by atoms with Crippen LogP contribution in [0, 0.1) is 0 Å². The number of benzene rings is 7. The van der Waals surface area contributed by atoms with Crippen LogP contribution in [0.2, 0.25) is 0 Å². The summed E-state index contributed by atoms with van der Waals surface area (Å²) >= 11 is 3.67. The average Bonchev–Trinajstić information content (AvgIpc) is 3.87. The van der Waals surface area contributed by atoms with Gasteiger partial charge in [-0.1, -0.05) is 109 Å². The minimum Gasteiger partial charge on any atom is -0.308 e. The molecule has 51 heavy (non-hydrogen) atoms. The highest BCUT2D eigenvalue weighted by atomic mass is 32.1. The van der Waals surface area contributed by atoms with Crippen molar-refractivity contribution in [2.24, 2.45) is 0 Å². The lowest BCUT2D eigenvalue weighted by Gasteiger charge is -2.11. The molecule has 0 saturated carbocycles. The van der Waals surface area contributed by atoms with Crippen molar-refractivity contribution in [3.8, 4) is 39.9 Å². The molecule has 0 bridgehead atoms. The van der Waals surface area contributed by atoms with Crippen LogP contribution < -0.4 is 0 Å². The molecule has 0 aliphatic heterocycles. The van der Waals surface area contributed by atoms with Crippen LogP contribution in [-0.4, -0.2) is 19.5 Å². The molecule has 0 aliphatic rings. The summed E-state index contributed by atoms with van der Waals surface area (Å²) in [5.74, 6) is 1.97. The van der Waals surface area contributed by atoms with Crippen molar-refractivity contribution in [1.29, 1.82) is 0 Å². The molecule has 11 rings (SSSR count). The Bertz CT molecular complexity index is 3140. The highest BCUT2D eigenvalue weighted by Crippen LogP contribution is 2.43.